The van der Waals surface area contributed by atoms with Crippen molar-refractivity contribution in [1.29, 1.82) is 0 Å². The Balaban J connectivity index is 1.85. The summed E-state index contributed by atoms with van der Waals surface area (Å²) < 4.78 is 2.64. The van der Waals surface area contributed by atoms with Crippen molar-refractivity contribution in [2.75, 3.05) is 23.7 Å². The van der Waals surface area contributed by atoms with E-state index >= 15 is 0 Å². The number of hydrogen-bond acceptors (Lipinski definition) is 3. The van der Waals surface area contributed by atoms with Crippen LogP contribution in [0.25, 0.3) is 5.69 Å². The summed E-state index contributed by atoms with van der Waals surface area (Å²) in [7, 11) is 0. The Labute approximate surface area is 222 Å². The van der Waals surface area contributed by atoms with Crippen LogP contribution in [0.15, 0.2) is 53.0 Å². The molecule has 0 fully saturated rings. The molecule has 1 heterocycles. The molecule has 0 saturated carbocycles. The SMILES string of the molecule is Cc1ccc(-n2nc(C(C)(C)C)cc2NC(=O)CN(CC(C)C)C(=O)Nc2cccc(Br)c2)c(C)c1. The first-order chi connectivity index (χ1) is 16.8. The number of anilines is 2. The van der Waals surface area contributed by atoms with Gasteiger partial charge in [0.25, 0.3) is 0 Å². The molecule has 2 aromatic carbocycles. The molecule has 0 aliphatic carbocycles. The van der Waals surface area contributed by atoms with Crippen LogP contribution in [0.2, 0.25) is 0 Å². The smallest absolute Gasteiger partial charge is 0.315 e. The molecule has 0 bridgehead atoms. The zero-order valence-corrected chi connectivity index (χ0v) is 23.7. The highest BCUT2D eigenvalue weighted by Gasteiger charge is 2.24. The predicted molar refractivity (Wildman–Crippen MR) is 150 cm³/mol. The zero-order valence-electron chi connectivity index (χ0n) is 22.1. The van der Waals surface area contributed by atoms with Crippen LogP contribution < -0.4 is 10.6 Å². The van der Waals surface area contributed by atoms with Crippen LogP contribution in [0.3, 0.4) is 0 Å². The Morgan fingerprint density at radius 1 is 1.06 bits per heavy atom. The summed E-state index contributed by atoms with van der Waals surface area (Å²) in [6, 6.07) is 15.1. The van der Waals surface area contributed by atoms with Crippen molar-refractivity contribution < 1.29 is 9.59 Å². The minimum absolute atomic E-state index is 0.0824. The molecule has 2 N–H and O–H groups in total. The number of rotatable bonds is 7. The lowest BCUT2D eigenvalue weighted by Crippen LogP contribution is -2.42. The number of urea groups is 1. The van der Waals surface area contributed by atoms with Crippen LogP contribution in [0, 0.1) is 19.8 Å². The van der Waals surface area contributed by atoms with E-state index in [0.717, 1.165) is 27.0 Å². The van der Waals surface area contributed by atoms with Gasteiger partial charge in [0.05, 0.1) is 11.4 Å². The number of nitrogens with zero attached hydrogens (tertiary/aromatic N) is 3. The maximum atomic E-state index is 13.2. The Bertz CT molecular complexity index is 1240. The number of nitrogens with one attached hydrogen (secondary N) is 2. The summed E-state index contributed by atoms with van der Waals surface area (Å²) in [4.78, 5) is 27.8. The lowest BCUT2D eigenvalue weighted by Gasteiger charge is -2.24. The van der Waals surface area contributed by atoms with Gasteiger partial charge in [-0.2, -0.15) is 5.10 Å². The van der Waals surface area contributed by atoms with Gasteiger partial charge in [0.1, 0.15) is 12.4 Å². The van der Waals surface area contributed by atoms with Gasteiger partial charge < -0.3 is 15.5 Å². The third kappa shape index (κ3) is 7.20. The number of carbonyl (C=O) groups excluding carboxylic acids is 2. The molecule has 0 radical (unpaired) electrons. The van der Waals surface area contributed by atoms with Gasteiger partial charge in [-0.1, -0.05) is 74.3 Å². The minimum Gasteiger partial charge on any atom is -0.315 e. The Hall–Kier alpha value is -3.13. The monoisotopic (exact) mass is 553 g/mol. The molecule has 0 unspecified atom stereocenters. The van der Waals surface area contributed by atoms with Gasteiger partial charge >= 0.3 is 6.03 Å². The van der Waals surface area contributed by atoms with Crippen molar-refractivity contribution in [1.82, 2.24) is 14.7 Å². The van der Waals surface area contributed by atoms with Crippen molar-refractivity contribution in [2.45, 2.75) is 53.9 Å². The largest absolute Gasteiger partial charge is 0.322 e. The fraction of sp³-hybridized carbons (Fsp3) is 0.393. The van der Waals surface area contributed by atoms with Crippen LogP contribution in [-0.4, -0.2) is 39.7 Å². The summed E-state index contributed by atoms with van der Waals surface area (Å²) in [6.45, 7) is 14.7. The van der Waals surface area contributed by atoms with E-state index in [-0.39, 0.29) is 29.8 Å². The predicted octanol–water partition coefficient (Wildman–Crippen LogP) is 6.68. The highest BCUT2D eigenvalue weighted by Crippen LogP contribution is 2.28. The van der Waals surface area contributed by atoms with Crippen LogP contribution in [-0.2, 0) is 10.2 Å². The Kier molecular flexibility index (Phi) is 8.61. The standard InChI is InChI=1S/C28H36BrN5O2/c1-18(2)16-33(27(36)30-22-10-8-9-21(29)14-22)17-26(35)31-25-15-24(28(5,6)7)32-34(25)23-12-11-19(3)13-20(23)4/h8-15,18H,16-17H2,1-7H3,(H,30,36)(H,31,35). The third-order valence-corrected chi connectivity index (χ3v) is 6.10. The normalized spacial score (nSPS) is 11.5. The van der Waals surface area contributed by atoms with Gasteiger partial charge in [0.15, 0.2) is 0 Å². The van der Waals surface area contributed by atoms with Crippen LogP contribution in [0.1, 0.15) is 51.4 Å². The van der Waals surface area contributed by atoms with Crippen LogP contribution >= 0.6 is 15.9 Å². The number of halogens is 1. The first kappa shape index (κ1) is 27.5. The van der Waals surface area contributed by atoms with E-state index in [1.165, 1.54) is 4.90 Å². The van der Waals surface area contributed by atoms with Gasteiger partial charge in [0, 0.05) is 28.2 Å². The summed E-state index contributed by atoms with van der Waals surface area (Å²) >= 11 is 3.42. The van der Waals surface area contributed by atoms with E-state index in [1.54, 1.807) is 4.68 Å². The van der Waals surface area contributed by atoms with Crippen LogP contribution in [0.4, 0.5) is 16.3 Å². The third-order valence-electron chi connectivity index (χ3n) is 5.61. The summed E-state index contributed by atoms with van der Waals surface area (Å²) in [5, 5.41) is 10.7. The number of aromatic nitrogens is 2. The van der Waals surface area contributed by atoms with E-state index in [0.29, 0.717) is 18.1 Å². The molecular formula is C28H36BrN5O2. The fourth-order valence-electron chi connectivity index (χ4n) is 3.85. The van der Waals surface area contributed by atoms with Gasteiger partial charge in [-0.05, 0) is 49.6 Å². The average Bonchev–Trinajstić information content (AvgIpc) is 3.16. The molecule has 7 nitrogen and oxygen atoms in total. The fourth-order valence-corrected chi connectivity index (χ4v) is 4.25. The first-order valence-corrected chi connectivity index (χ1v) is 12.9. The summed E-state index contributed by atoms with van der Waals surface area (Å²) in [5.74, 6) is 0.486. The lowest BCUT2D eigenvalue weighted by atomic mass is 9.92. The number of benzene rings is 2. The van der Waals surface area contributed by atoms with E-state index in [4.69, 9.17) is 5.10 Å². The van der Waals surface area contributed by atoms with Crippen molar-refractivity contribution >= 4 is 39.4 Å². The molecule has 8 heteroatoms. The van der Waals surface area contributed by atoms with Gasteiger partial charge in [-0.15, -0.1) is 0 Å². The molecule has 3 aromatic rings. The van der Waals surface area contributed by atoms with E-state index in [1.807, 2.05) is 70.2 Å². The molecule has 0 saturated heterocycles. The highest BCUT2D eigenvalue weighted by molar-refractivity contribution is 9.10. The molecule has 0 spiro atoms. The molecule has 0 aliphatic rings. The molecule has 192 valence electrons. The average molecular weight is 555 g/mol. The van der Waals surface area contributed by atoms with E-state index in [2.05, 4.69) is 53.4 Å². The molecule has 1 aromatic heterocycles. The maximum absolute atomic E-state index is 13.2. The molecule has 3 amide bonds. The molecule has 36 heavy (non-hydrogen) atoms. The second-order valence-electron chi connectivity index (χ2n) is 10.6. The lowest BCUT2D eigenvalue weighted by molar-refractivity contribution is -0.116. The molecule has 0 atom stereocenters. The molecule has 3 rings (SSSR count). The molecular weight excluding hydrogens is 518 g/mol. The van der Waals surface area contributed by atoms with Gasteiger partial charge in [0.2, 0.25) is 5.91 Å². The Morgan fingerprint density at radius 3 is 2.39 bits per heavy atom. The first-order valence-electron chi connectivity index (χ1n) is 12.1. The number of aryl methyl sites for hydroxylation is 2. The Morgan fingerprint density at radius 2 is 1.78 bits per heavy atom. The second-order valence-corrected chi connectivity index (χ2v) is 11.5. The van der Waals surface area contributed by atoms with Crippen molar-refractivity contribution in [3.63, 3.8) is 0 Å². The van der Waals surface area contributed by atoms with Gasteiger partial charge in [-0.3, -0.25) is 4.79 Å². The highest BCUT2D eigenvalue weighted by atomic mass is 79.9. The van der Waals surface area contributed by atoms with E-state index in [9.17, 15) is 9.59 Å². The van der Waals surface area contributed by atoms with Crippen molar-refractivity contribution in [3.05, 3.63) is 69.8 Å². The van der Waals surface area contributed by atoms with Crippen LogP contribution in [0.5, 0.6) is 0 Å². The second kappa shape index (κ2) is 11.3. The number of hydrogen-bond donors (Lipinski definition) is 2. The van der Waals surface area contributed by atoms with E-state index < -0.39 is 0 Å². The maximum Gasteiger partial charge on any atom is 0.322 e. The summed E-state index contributed by atoms with van der Waals surface area (Å²) in [5.41, 5.74) is 4.44. The van der Waals surface area contributed by atoms with Crippen molar-refractivity contribution in [3.8, 4) is 5.69 Å². The van der Waals surface area contributed by atoms with Crippen molar-refractivity contribution in [2.24, 2.45) is 5.92 Å². The summed E-state index contributed by atoms with van der Waals surface area (Å²) in [6.07, 6.45) is 0. The number of carbonyl (C=O) groups is 2. The minimum atomic E-state index is -0.324. The number of amides is 3. The van der Waals surface area contributed by atoms with Gasteiger partial charge in [-0.25, -0.2) is 9.48 Å². The topological polar surface area (TPSA) is 79.3 Å². The quantitative estimate of drug-likeness (QED) is 0.342. The molecule has 0 aliphatic heterocycles. The zero-order chi connectivity index (χ0) is 26.6.